The highest BCUT2D eigenvalue weighted by Gasteiger charge is 2.19. The fourth-order valence-electron chi connectivity index (χ4n) is 1.79. The van der Waals surface area contributed by atoms with Gasteiger partial charge in [-0.2, -0.15) is 0 Å². The van der Waals surface area contributed by atoms with Crippen molar-refractivity contribution >= 4 is 23.4 Å². The van der Waals surface area contributed by atoms with Gasteiger partial charge in [-0.3, -0.25) is 0 Å². The zero-order valence-corrected chi connectivity index (χ0v) is 13.0. The number of hydrogen-bond acceptors (Lipinski definition) is 6. The van der Waals surface area contributed by atoms with E-state index >= 15 is 0 Å². The van der Waals surface area contributed by atoms with Gasteiger partial charge in [0.1, 0.15) is 11.6 Å². The van der Waals surface area contributed by atoms with Gasteiger partial charge in [0.15, 0.2) is 5.16 Å². The second-order valence-corrected chi connectivity index (χ2v) is 5.53. The standard InChI is InChI=1S/C13H24N4OS/c1-5-7-13(3,18)9-15-11-8-10(14-6-2)16-12(17-11)19-4/h8,18H,5-7,9H2,1-4H3,(H2,14,15,16,17). The molecule has 3 N–H and O–H groups in total. The van der Waals surface area contributed by atoms with Gasteiger partial charge in [-0.1, -0.05) is 25.1 Å². The minimum absolute atomic E-state index is 0.483. The zero-order chi connectivity index (χ0) is 14.3. The van der Waals surface area contributed by atoms with Crippen molar-refractivity contribution in [3.8, 4) is 0 Å². The van der Waals surface area contributed by atoms with Crippen LogP contribution in [-0.4, -0.2) is 40.0 Å². The summed E-state index contributed by atoms with van der Waals surface area (Å²) in [4.78, 5) is 8.75. The van der Waals surface area contributed by atoms with Crippen LogP contribution in [0.15, 0.2) is 11.2 Å². The van der Waals surface area contributed by atoms with Crippen LogP contribution in [0.2, 0.25) is 0 Å². The largest absolute Gasteiger partial charge is 0.388 e. The molecular formula is C13H24N4OS. The molecule has 0 saturated heterocycles. The molecule has 0 aromatic carbocycles. The van der Waals surface area contributed by atoms with Crippen LogP contribution in [0.25, 0.3) is 0 Å². The number of thioether (sulfide) groups is 1. The van der Waals surface area contributed by atoms with Gasteiger partial charge in [0.05, 0.1) is 5.60 Å². The first kappa shape index (κ1) is 16.0. The summed E-state index contributed by atoms with van der Waals surface area (Å²) in [6, 6.07) is 1.87. The summed E-state index contributed by atoms with van der Waals surface area (Å²) in [5, 5.41) is 17.2. The molecular weight excluding hydrogens is 260 g/mol. The number of aromatic nitrogens is 2. The molecule has 0 amide bonds. The minimum atomic E-state index is -0.711. The molecule has 0 spiro atoms. The Balaban J connectivity index is 2.74. The highest BCUT2D eigenvalue weighted by Crippen LogP contribution is 2.19. The van der Waals surface area contributed by atoms with Crippen molar-refractivity contribution in [1.82, 2.24) is 9.97 Å². The summed E-state index contributed by atoms with van der Waals surface area (Å²) in [5.74, 6) is 1.55. The summed E-state index contributed by atoms with van der Waals surface area (Å²) < 4.78 is 0. The van der Waals surface area contributed by atoms with E-state index in [0.29, 0.717) is 6.54 Å². The first-order valence-corrected chi connectivity index (χ1v) is 7.86. The van der Waals surface area contributed by atoms with E-state index in [-0.39, 0.29) is 0 Å². The van der Waals surface area contributed by atoms with E-state index in [0.717, 1.165) is 36.2 Å². The molecule has 1 rings (SSSR count). The molecule has 6 heteroatoms. The maximum absolute atomic E-state index is 10.1. The quantitative estimate of drug-likeness (QED) is 0.503. The monoisotopic (exact) mass is 284 g/mol. The van der Waals surface area contributed by atoms with E-state index < -0.39 is 5.60 Å². The van der Waals surface area contributed by atoms with Gasteiger partial charge in [0.25, 0.3) is 0 Å². The van der Waals surface area contributed by atoms with Gasteiger partial charge in [0.2, 0.25) is 0 Å². The lowest BCUT2D eigenvalue weighted by Crippen LogP contribution is -2.33. The van der Waals surface area contributed by atoms with E-state index in [2.05, 4.69) is 27.5 Å². The van der Waals surface area contributed by atoms with Gasteiger partial charge in [0, 0.05) is 19.2 Å². The Morgan fingerprint density at radius 1 is 1.26 bits per heavy atom. The topological polar surface area (TPSA) is 70.1 Å². The van der Waals surface area contributed by atoms with E-state index in [4.69, 9.17) is 0 Å². The second kappa shape index (κ2) is 7.55. The average molecular weight is 284 g/mol. The van der Waals surface area contributed by atoms with Crippen molar-refractivity contribution in [3.63, 3.8) is 0 Å². The third kappa shape index (κ3) is 5.65. The Bertz CT molecular complexity index is 398. The Hall–Kier alpha value is -1.01. The third-order valence-corrected chi connectivity index (χ3v) is 3.23. The maximum atomic E-state index is 10.1. The Kier molecular flexibility index (Phi) is 6.37. The molecule has 1 unspecified atom stereocenters. The van der Waals surface area contributed by atoms with E-state index in [9.17, 15) is 5.11 Å². The van der Waals surface area contributed by atoms with Crippen molar-refractivity contribution in [3.05, 3.63) is 6.07 Å². The Morgan fingerprint density at radius 3 is 2.42 bits per heavy atom. The summed E-state index contributed by atoms with van der Waals surface area (Å²) in [6.07, 6.45) is 3.67. The molecule has 1 aromatic heterocycles. The number of rotatable bonds is 8. The number of nitrogens with zero attached hydrogens (tertiary/aromatic N) is 2. The van der Waals surface area contributed by atoms with Gasteiger partial charge in [-0.05, 0) is 26.5 Å². The number of nitrogens with one attached hydrogen (secondary N) is 2. The smallest absolute Gasteiger partial charge is 0.191 e. The normalized spacial score (nSPS) is 13.9. The molecule has 0 aliphatic heterocycles. The van der Waals surface area contributed by atoms with Crippen molar-refractivity contribution in [2.45, 2.75) is 44.4 Å². The van der Waals surface area contributed by atoms with Crippen LogP contribution in [0.4, 0.5) is 11.6 Å². The van der Waals surface area contributed by atoms with Gasteiger partial charge < -0.3 is 15.7 Å². The van der Waals surface area contributed by atoms with Crippen molar-refractivity contribution in [2.24, 2.45) is 0 Å². The highest BCUT2D eigenvalue weighted by atomic mass is 32.2. The Morgan fingerprint density at radius 2 is 1.89 bits per heavy atom. The van der Waals surface area contributed by atoms with Crippen LogP contribution in [0, 0.1) is 0 Å². The van der Waals surface area contributed by atoms with E-state index in [1.165, 1.54) is 11.8 Å². The average Bonchev–Trinajstić information content (AvgIpc) is 2.36. The number of aliphatic hydroxyl groups is 1. The van der Waals surface area contributed by atoms with Gasteiger partial charge in [-0.15, -0.1) is 0 Å². The summed E-state index contributed by atoms with van der Waals surface area (Å²) in [5.41, 5.74) is -0.711. The van der Waals surface area contributed by atoms with Crippen LogP contribution in [0.1, 0.15) is 33.6 Å². The lowest BCUT2D eigenvalue weighted by Gasteiger charge is -2.23. The molecule has 5 nitrogen and oxygen atoms in total. The predicted octanol–water partition coefficient (Wildman–Crippen LogP) is 2.59. The second-order valence-electron chi connectivity index (χ2n) is 4.76. The SMILES string of the molecule is CCCC(C)(O)CNc1cc(NCC)nc(SC)n1. The highest BCUT2D eigenvalue weighted by molar-refractivity contribution is 7.98. The molecule has 0 bridgehead atoms. The predicted molar refractivity (Wildman–Crippen MR) is 82.0 cm³/mol. The van der Waals surface area contributed by atoms with Crippen LogP contribution in [-0.2, 0) is 0 Å². The lowest BCUT2D eigenvalue weighted by atomic mass is 10.0. The van der Waals surface area contributed by atoms with Gasteiger partial charge >= 0.3 is 0 Å². The van der Waals surface area contributed by atoms with Crippen molar-refractivity contribution in [2.75, 3.05) is 30.0 Å². The first-order valence-electron chi connectivity index (χ1n) is 6.64. The molecule has 108 valence electrons. The Labute approximate surface area is 119 Å². The number of hydrogen-bond donors (Lipinski definition) is 3. The summed E-state index contributed by atoms with van der Waals surface area (Å²) in [6.45, 7) is 7.23. The molecule has 1 atom stereocenters. The molecule has 0 aliphatic rings. The van der Waals surface area contributed by atoms with Crippen LogP contribution >= 0.6 is 11.8 Å². The molecule has 19 heavy (non-hydrogen) atoms. The molecule has 1 heterocycles. The molecule has 0 saturated carbocycles. The van der Waals surface area contributed by atoms with Crippen LogP contribution < -0.4 is 10.6 Å². The van der Waals surface area contributed by atoms with Crippen LogP contribution in [0.3, 0.4) is 0 Å². The van der Waals surface area contributed by atoms with Crippen LogP contribution in [0.5, 0.6) is 0 Å². The molecule has 0 radical (unpaired) electrons. The zero-order valence-electron chi connectivity index (χ0n) is 12.2. The molecule has 0 fully saturated rings. The fraction of sp³-hybridized carbons (Fsp3) is 0.692. The maximum Gasteiger partial charge on any atom is 0.191 e. The number of anilines is 2. The van der Waals surface area contributed by atoms with Crippen molar-refractivity contribution < 1.29 is 5.11 Å². The minimum Gasteiger partial charge on any atom is -0.388 e. The van der Waals surface area contributed by atoms with Gasteiger partial charge in [-0.25, -0.2) is 9.97 Å². The summed E-state index contributed by atoms with van der Waals surface area (Å²) in [7, 11) is 0. The third-order valence-electron chi connectivity index (χ3n) is 2.69. The fourth-order valence-corrected chi connectivity index (χ4v) is 2.17. The van der Waals surface area contributed by atoms with E-state index in [1.807, 2.05) is 26.2 Å². The summed E-state index contributed by atoms with van der Waals surface area (Å²) >= 11 is 1.50. The molecule has 1 aromatic rings. The lowest BCUT2D eigenvalue weighted by molar-refractivity contribution is 0.0636. The van der Waals surface area contributed by atoms with E-state index in [1.54, 1.807) is 0 Å². The van der Waals surface area contributed by atoms with Crippen molar-refractivity contribution in [1.29, 1.82) is 0 Å². The first-order chi connectivity index (χ1) is 9.00. The molecule has 0 aliphatic carbocycles.